The second-order valence-corrected chi connectivity index (χ2v) is 4.24. The molecule has 1 aromatic heterocycles. The number of carboxylic acid groups (broad SMARTS) is 1. The van der Waals surface area contributed by atoms with E-state index < -0.39 is 12.1 Å². The van der Waals surface area contributed by atoms with Crippen molar-refractivity contribution in [3.05, 3.63) is 23.9 Å². The van der Waals surface area contributed by atoms with Gasteiger partial charge in [-0.1, -0.05) is 0 Å². The molecule has 0 radical (unpaired) electrons. The first-order valence-electron chi connectivity index (χ1n) is 5.72. The van der Waals surface area contributed by atoms with E-state index in [0.29, 0.717) is 6.42 Å². The number of aromatic nitrogens is 1. The highest BCUT2D eigenvalue weighted by Gasteiger charge is 2.28. The highest BCUT2D eigenvalue weighted by atomic mass is 16.5. The number of carbonyl (C=O) groups excluding carboxylic acids is 1. The third-order valence-electron chi connectivity index (χ3n) is 2.78. The molecule has 0 bridgehead atoms. The van der Waals surface area contributed by atoms with Crippen molar-refractivity contribution >= 4 is 17.7 Å². The minimum Gasteiger partial charge on any atom is -0.478 e. The smallest absolute Gasteiger partial charge is 0.335 e. The predicted molar refractivity (Wildman–Crippen MR) is 63.4 cm³/mol. The highest BCUT2D eigenvalue weighted by Crippen LogP contribution is 2.20. The fourth-order valence-electron chi connectivity index (χ4n) is 1.83. The molecule has 0 aliphatic carbocycles. The van der Waals surface area contributed by atoms with Crippen LogP contribution in [-0.4, -0.2) is 34.2 Å². The lowest BCUT2D eigenvalue weighted by molar-refractivity contribution is -0.126. The lowest BCUT2D eigenvalue weighted by Crippen LogP contribution is -2.28. The summed E-state index contributed by atoms with van der Waals surface area (Å²) in [5, 5.41) is 11.4. The van der Waals surface area contributed by atoms with Gasteiger partial charge >= 0.3 is 5.97 Å². The maximum Gasteiger partial charge on any atom is 0.335 e. The molecule has 6 heteroatoms. The van der Waals surface area contributed by atoms with Crippen LogP contribution in [0, 0.1) is 0 Å². The van der Waals surface area contributed by atoms with E-state index >= 15 is 0 Å². The Bertz CT molecular complexity index is 475. The van der Waals surface area contributed by atoms with Gasteiger partial charge in [-0.15, -0.1) is 0 Å². The van der Waals surface area contributed by atoms with Crippen LogP contribution in [0.15, 0.2) is 18.3 Å². The third kappa shape index (κ3) is 2.84. The number of anilines is 1. The Kier molecular flexibility index (Phi) is 3.57. The molecule has 0 saturated carbocycles. The van der Waals surface area contributed by atoms with Crippen molar-refractivity contribution in [3.8, 4) is 0 Å². The largest absolute Gasteiger partial charge is 0.478 e. The number of hydrogen-bond acceptors (Lipinski definition) is 4. The Morgan fingerprint density at radius 2 is 2.28 bits per heavy atom. The zero-order valence-electron chi connectivity index (χ0n) is 9.92. The standard InChI is InChI=1S/C12H14N2O4/c1-7-2-3-9(18-7)11(15)14-10-6-8(12(16)17)4-5-13-10/h4-7,9H,2-3H2,1H3,(H,16,17)(H,13,14,15). The first-order valence-corrected chi connectivity index (χ1v) is 5.72. The Hall–Kier alpha value is -1.95. The number of carboxylic acids is 1. The van der Waals surface area contributed by atoms with Gasteiger partial charge in [0, 0.05) is 6.20 Å². The van der Waals surface area contributed by atoms with Crippen LogP contribution in [0.25, 0.3) is 0 Å². The summed E-state index contributed by atoms with van der Waals surface area (Å²) in [4.78, 5) is 26.5. The van der Waals surface area contributed by atoms with Crippen LogP contribution in [0.3, 0.4) is 0 Å². The monoisotopic (exact) mass is 250 g/mol. The highest BCUT2D eigenvalue weighted by molar-refractivity contribution is 5.95. The second-order valence-electron chi connectivity index (χ2n) is 4.24. The number of nitrogens with zero attached hydrogens (tertiary/aromatic N) is 1. The molecule has 0 aromatic carbocycles. The summed E-state index contributed by atoms with van der Waals surface area (Å²) in [6.45, 7) is 1.91. The van der Waals surface area contributed by atoms with Crippen molar-refractivity contribution < 1.29 is 19.4 Å². The van der Waals surface area contributed by atoms with Crippen molar-refractivity contribution in [2.45, 2.75) is 32.0 Å². The van der Waals surface area contributed by atoms with Crippen molar-refractivity contribution in [2.24, 2.45) is 0 Å². The van der Waals surface area contributed by atoms with E-state index in [-0.39, 0.29) is 23.4 Å². The molecule has 2 rings (SSSR count). The molecule has 1 aromatic rings. The summed E-state index contributed by atoms with van der Waals surface area (Å²) in [5.41, 5.74) is 0.0843. The van der Waals surface area contributed by atoms with E-state index in [0.717, 1.165) is 6.42 Å². The van der Waals surface area contributed by atoms with Crippen LogP contribution in [0.2, 0.25) is 0 Å². The minimum atomic E-state index is -1.06. The summed E-state index contributed by atoms with van der Waals surface area (Å²) < 4.78 is 5.42. The normalized spacial score (nSPS) is 22.7. The molecule has 1 aliphatic rings. The molecular weight excluding hydrogens is 236 g/mol. The van der Waals surface area contributed by atoms with E-state index in [9.17, 15) is 9.59 Å². The first kappa shape index (κ1) is 12.5. The first-order chi connectivity index (χ1) is 8.56. The van der Waals surface area contributed by atoms with Crippen LogP contribution in [0.1, 0.15) is 30.1 Å². The molecule has 2 heterocycles. The van der Waals surface area contributed by atoms with Gasteiger partial charge in [0.2, 0.25) is 0 Å². The average molecular weight is 250 g/mol. The van der Waals surface area contributed by atoms with Crippen molar-refractivity contribution in [3.63, 3.8) is 0 Å². The number of carbonyl (C=O) groups is 2. The van der Waals surface area contributed by atoms with Crippen LogP contribution in [-0.2, 0) is 9.53 Å². The van der Waals surface area contributed by atoms with Gasteiger partial charge in [-0.05, 0) is 31.9 Å². The van der Waals surface area contributed by atoms with Crippen LogP contribution in [0.4, 0.5) is 5.82 Å². The van der Waals surface area contributed by atoms with E-state index in [1.807, 2.05) is 6.92 Å². The van der Waals surface area contributed by atoms with Gasteiger partial charge in [0.1, 0.15) is 11.9 Å². The van der Waals surface area contributed by atoms with Gasteiger partial charge in [-0.3, -0.25) is 4.79 Å². The minimum absolute atomic E-state index is 0.0825. The molecule has 6 nitrogen and oxygen atoms in total. The lowest BCUT2D eigenvalue weighted by Gasteiger charge is -2.11. The molecule has 1 fully saturated rings. The topological polar surface area (TPSA) is 88.5 Å². The Labute approximate surface area is 104 Å². The summed E-state index contributed by atoms with van der Waals surface area (Å²) >= 11 is 0. The number of ether oxygens (including phenoxy) is 1. The Morgan fingerprint density at radius 3 is 2.89 bits per heavy atom. The van der Waals surface area contributed by atoms with E-state index in [1.165, 1.54) is 18.3 Å². The quantitative estimate of drug-likeness (QED) is 0.843. The number of rotatable bonds is 3. The molecule has 2 unspecified atom stereocenters. The molecule has 18 heavy (non-hydrogen) atoms. The maximum atomic E-state index is 11.8. The molecular formula is C12H14N2O4. The fraction of sp³-hybridized carbons (Fsp3) is 0.417. The second kappa shape index (κ2) is 5.14. The fourth-order valence-corrected chi connectivity index (χ4v) is 1.83. The van der Waals surface area contributed by atoms with Crippen LogP contribution >= 0.6 is 0 Å². The molecule has 1 amide bonds. The van der Waals surface area contributed by atoms with Crippen LogP contribution in [0.5, 0.6) is 0 Å². The number of nitrogens with one attached hydrogen (secondary N) is 1. The van der Waals surface area contributed by atoms with Crippen molar-refractivity contribution in [1.82, 2.24) is 4.98 Å². The summed E-state index contributed by atoms with van der Waals surface area (Å²) in [6.07, 6.45) is 2.47. The number of amides is 1. The van der Waals surface area contributed by atoms with Gasteiger partial charge in [-0.2, -0.15) is 0 Å². The molecule has 2 atom stereocenters. The van der Waals surface area contributed by atoms with E-state index in [4.69, 9.17) is 9.84 Å². The van der Waals surface area contributed by atoms with Gasteiger partial charge < -0.3 is 15.2 Å². The molecule has 1 saturated heterocycles. The summed E-state index contributed by atoms with van der Waals surface area (Å²) in [5.74, 6) is -1.11. The SMILES string of the molecule is CC1CCC(C(=O)Nc2cc(C(=O)O)ccn2)O1. The number of pyridine rings is 1. The molecule has 0 spiro atoms. The van der Waals surface area contributed by atoms with Crippen LogP contribution < -0.4 is 5.32 Å². The molecule has 1 aliphatic heterocycles. The Morgan fingerprint density at radius 1 is 1.50 bits per heavy atom. The zero-order chi connectivity index (χ0) is 13.1. The van der Waals surface area contributed by atoms with E-state index in [2.05, 4.69) is 10.3 Å². The number of hydrogen-bond donors (Lipinski definition) is 2. The maximum absolute atomic E-state index is 11.8. The average Bonchev–Trinajstić information content (AvgIpc) is 2.76. The number of aromatic carboxylic acids is 1. The molecule has 2 N–H and O–H groups in total. The van der Waals surface area contributed by atoms with Gasteiger partial charge in [0.25, 0.3) is 5.91 Å². The van der Waals surface area contributed by atoms with Gasteiger partial charge in [0.15, 0.2) is 0 Å². The predicted octanol–water partition coefficient (Wildman–Crippen LogP) is 1.29. The third-order valence-corrected chi connectivity index (χ3v) is 2.78. The van der Waals surface area contributed by atoms with Gasteiger partial charge in [0.05, 0.1) is 11.7 Å². The summed E-state index contributed by atoms with van der Waals surface area (Å²) in [6, 6.07) is 2.69. The van der Waals surface area contributed by atoms with Crippen molar-refractivity contribution in [1.29, 1.82) is 0 Å². The molecule has 96 valence electrons. The van der Waals surface area contributed by atoms with Crippen molar-refractivity contribution in [2.75, 3.05) is 5.32 Å². The van der Waals surface area contributed by atoms with Gasteiger partial charge in [-0.25, -0.2) is 9.78 Å². The lowest BCUT2D eigenvalue weighted by atomic mass is 10.2. The summed E-state index contributed by atoms with van der Waals surface area (Å²) in [7, 11) is 0. The Balaban J connectivity index is 2.03. The van der Waals surface area contributed by atoms with E-state index in [1.54, 1.807) is 0 Å². The zero-order valence-corrected chi connectivity index (χ0v) is 9.92.